The molecule has 1 aromatic heterocycles. The van der Waals surface area contributed by atoms with Crippen LogP contribution >= 0.6 is 0 Å². The zero-order chi connectivity index (χ0) is 7.56. The van der Waals surface area contributed by atoms with Crippen molar-refractivity contribution in [2.75, 3.05) is 6.61 Å². The van der Waals surface area contributed by atoms with Crippen molar-refractivity contribution in [2.45, 2.75) is 6.92 Å². The third-order valence-corrected chi connectivity index (χ3v) is 1.03. The van der Waals surface area contributed by atoms with E-state index in [0.717, 1.165) is 0 Å². The average Bonchev–Trinajstić information content (AvgIpc) is 2.14. The predicted molar refractivity (Wildman–Crippen MR) is 35.0 cm³/mol. The highest BCUT2D eigenvalue weighted by Crippen LogP contribution is 1.92. The zero-order valence-corrected chi connectivity index (χ0v) is 5.92. The van der Waals surface area contributed by atoms with Gasteiger partial charge in [-0.15, -0.1) is 5.10 Å². The lowest BCUT2D eigenvalue weighted by atomic mass is 10.9. The second-order valence-corrected chi connectivity index (χ2v) is 1.79. The molecule has 1 heterocycles. The molecule has 1 aromatic rings. The van der Waals surface area contributed by atoms with Gasteiger partial charge in [-0.3, -0.25) is 4.98 Å². The van der Waals surface area contributed by atoms with Gasteiger partial charge in [0.1, 0.15) is 0 Å². The van der Waals surface area contributed by atoms with E-state index in [4.69, 9.17) is 4.74 Å². The molecule has 0 amide bonds. The summed E-state index contributed by atoms with van der Waals surface area (Å²) < 4.78 is 6.11. The average molecular weight is 143 g/mol. The minimum atomic E-state index is -0.261. The topological polar surface area (TPSA) is 59.9 Å². The van der Waals surface area contributed by atoms with Gasteiger partial charge in [0.25, 0.3) is 0 Å². The molecule has 0 aromatic carbocycles. The Morgan fingerprint density at radius 2 is 2.50 bits per heavy atom. The summed E-state index contributed by atoms with van der Waals surface area (Å²) in [5, 5.41) is 3.73. The van der Waals surface area contributed by atoms with Crippen LogP contribution in [0.2, 0.25) is 0 Å². The highest BCUT2D eigenvalue weighted by atomic mass is 16.5. The molecule has 1 N–H and O–H groups in total. The number of aromatic nitrogens is 3. The molecule has 0 atom stereocenters. The molecule has 1 rings (SSSR count). The smallest absolute Gasteiger partial charge is 0.345 e. The molecule has 5 heteroatoms. The Balaban J connectivity index is 2.88. The lowest BCUT2D eigenvalue weighted by molar-refractivity contribution is 0.311. The number of aryl methyl sites for hydroxylation is 1. The van der Waals surface area contributed by atoms with Gasteiger partial charge in [0.2, 0.25) is 0 Å². The SMILES string of the molecule is CCOc1nn(C)c(=O)[nH]1. The van der Waals surface area contributed by atoms with Crippen molar-refractivity contribution in [1.29, 1.82) is 0 Å². The zero-order valence-electron chi connectivity index (χ0n) is 5.92. The molecule has 10 heavy (non-hydrogen) atoms. The monoisotopic (exact) mass is 143 g/mol. The van der Waals surface area contributed by atoms with Crippen molar-refractivity contribution < 1.29 is 4.74 Å². The van der Waals surface area contributed by atoms with Crippen molar-refractivity contribution in [1.82, 2.24) is 14.8 Å². The van der Waals surface area contributed by atoms with Crippen LogP contribution in [-0.2, 0) is 7.05 Å². The minimum absolute atomic E-state index is 0.261. The van der Waals surface area contributed by atoms with Gasteiger partial charge in [0.15, 0.2) is 0 Å². The van der Waals surface area contributed by atoms with Gasteiger partial charge in [-0.05, 0) is 6.92 Å². The van der Waals surface area contributed by atoms with Crippen molar-refractivity contribution >= 4 is 0 Å². The Morgan fingerprint density at radius 3 is 2.90 bits per heavy atom. The molecular weight excluding hydrogens is 134 g/mol. The number of nitrogens with zero attached hydrogens (tertiary/aromatic N) is 2. The first-order chi connectivity index (χ1) is 4.74. The van der Waals surface area contributed by atoms with Crippen LogP contribution in [-0.4, -0.2) is 21.4 Å². The summed E-state index contributed by atoms with van der Waals surface area (Å²) in [5.74, 6) is 0. The van der Waals surface area contributed by atoms with E-state index in [9.17, 15) is 4.79 Å². The molecule has 5 nitrogen and oxygen atoms in total. The number of nitrogens with one attached hydrogen (secondary N) is 1. The largest absolute Gasteiger partial charge is 0.464 e. The lowest BCUT2D eigenvalue weighted by Crippen LogP contribution is -2.13. The van der Waals surface area contributed by atoms with Gasteiger partial charge < -0.3 is 4.74 Å². The number of hydrogen-bond donors (Lipinski definition) is 1. The second-order valence-electron chi connectivity index (χ2n) is 1.79. The van der Waals surface area contributed by atoms with Gasteiger partial charge in [-0.25, -0.2) is 9.48 Å². The van der Waals surface area contributed by atoms with E-state index in [1.807, 2.05) is 6.92 Å². The summed E-state index contributed by atoms with van der Waals surface area (Å²) in [6, 6.07) is 0.273. The molecule has 0 radical (unpaired) electrons. The van der Waals surface area contributed by atoms with Gasteiger partial charge >= 0.3 is 11.7 Å². The highest BCUT2D eigenvalue weighted by molar-refractivity contribution is 4.86. The second kappa shape index (κ2) is 2.55. The molecule has 0 fully saturated rings. The lowest BCUT2D eigenvalue weighted by Gasteiger charge is -1.92. The van der Waals surface area contributed by atoms with Crippen LogP contribution in [0.3, 0.4) is 0 Å². The Hall–Kier alpha value is -1.26. The number of hydrogen-bond acceptors (Lipinski definition) is 3. The third kappa shape index (κ3) is 1.18. The van der Waals surface area contributed by atoms with Crippen LogP contribution in [0.5, 0.6) is 6.01 Å². The van der Waals surface area contributed by atoms with Crippen LogP contribution in [0.15, 0.2) is 4.79 Å². The Morgan fingerprint density at radius 1 is 1.80 bits per heavy atom. The van der Waals surface area contributed by atoms with Crippen LogP contribution in [0.1, 0.15) is 6.92 Å². The number of aromatic amines is 1. The van der Waals surface area contributed by atoms with Crippen LogP contribution in [0, 0.1) is 0 Å². The maximum atomic E-state index is 10.7. The van der Waals surface area contributed by atoms with E-state index in [0.29, 0.717) is 6.61 Å². The van der Waals surface area contributed by atoms with Crippen molar-refractivity contribution in [3.05, 3.63) is 10.5 Å². The summed E-state index contributed by atoms with van der Waals surface area (Å²) >= 11 is 0. The summed E-state index contributed by atoms with van der Waals surface area (Å²) in [6.07, 6.45) is 0. The quantitative estimate of drug-likeness (QED) is 0.607. The molecular formula is C5H9N3O2. The maximum absolute atomic E-state index is 10.7. The van der Waals surface area contributed by atoms with Crippen LogP contribution < -0.4 is 10.4 Å². The molecule has 0 spiro atoms. The summed E-state index contributed by atoms with van der Waals surface area (Å²) in [6.45, 7) is 2.33. The molecule has 0 aliphatic rings. The molecule has 0 aliphatic heterocycles. The first-order valence-corrected chi connectivity index (χ1v) is 3.00. The van der Waals surface area contributed by atoms with E-state index in [2.05, 4.69) is 10.1 Å². The summed E-state index contributed by atoms with van der Waals surface area (Å²) in [5.41, 5.74) is -0.261. The number of H-pyrrole nitrogens is 1. The van der Waals surface area contributed by atoms with Crippen molar-refractivity contribution in [3.8, 4) is 6.01 Å². The van der Waals surface area contributed by atoms with E-state index in [1.165, 1.54) is 4.68 Å². The third-order valence-electron chi connectivity index (χ3n) is 1.03. The Bertz CT molecular complexity index is 262. The fraction of sp³-hybridized carbons (Fsp3) is 0.600. The van der Waals surface area contributed by atoms with E-state index < -0.39 is 0 Å². The standard InChI is InChI=1S/C5H9N3O2/c1-3-10-4-6-5(9)8(2)7-4/h3H2,1-2H3,(H,6,7,9). The molecule has 0 bridgehead atoms. The van der Waals surface area contributed by atoms with Crippen molar-refractivity contribution in [2.24, 2.45) is 7.05 Å². The Kier molecular flexibility index (Phi) is 1.75. The fourth-order valence-electron chi connectivity index (χ4n) is 0.581. The summed E-state index contributed by atoms with van der Waals surface area (Å²) in [7, 11) is 1.56. The van der Waals surface area contributed by atoms with Crippen molar-refractivity contribution in [3.63, 3.8) is 0 Å². The summed E-state index contributed by atoms with van der Waals surface area (Å²) in [4.78, 5) is 13.1. The van der Waals surface area contributed by atoms with E-state index in [1.54, 1.807) is 7.05 Å². The fourth-order valence-corrected chi connectivity index (χ4v) is 0.581. The van der Waals surface area contributed by atoms with Gasteiger partial charge in [0.05, 0.1) is 6.61 Å². The molecule has 56 valence electrons. The van der Waals surface area contributed by atoms with Gasteiger partial charge in [-0.1, -0.05) is 0 Å². The van der Waals surface area contributed by atoms with Crippen LogP contribution in [0.25, 0.3) is 0 Å². The molecule has 0 saturated carbocycles. The normalized spacial score (nSPS) is 9.80. The molecule has 0 aliphatic carbocycles. The maximum Gasteiger partial charge on any atom is 0.345 e. The number of ether oxygens (including phenoxy) is 1. The highest BCUT2D eigenvalue weighted by Gasteiger charge is 1.98. The number of rotatable bonds is 2. The molecule has 0 saturated heterocycles. The van der Waals surface area contributed by atoms with Gasteiger partial charge in [0, 0.05) is 7.05 Å². The van der Waals surface area contributed by atoms with Gasteiger partial charge in [-0.2, -0.15) is 0 Å². The Labute approximate surface area is 57.6 Å². The molecule has 0 unspecified atom stereocenters. The minimum Gasteiger partial charge on any atom is -0.464 e. The first kappa shape index (κ1) is 6.85. The van der Waals surface area contributed by atoms with E-state index >= 15 is 0 Å². The van der Waals surface area contributed by atoms with E-state index in [-0.39, 0.29) is 11.7 Å². The predicted octanol–water partition coefficient (Wildman–Crippen LogP) is -0.493. The first-order valence-electron chi connectivity index (χ1n) is 3.00. The van der Waals surface area contributed by atoms with Crippen LogP contribution in [0.4, 0.5) is 0 Å².